The van der Waals surface area contributed by atoms with Gasteiger partial charge in [0.25, 0.3) is 0 Å². The predicted octanol–water partition coefficient (Wildman–Crippen LogP) is 7.62. The highest BCUT2D eigenvalue weighted by molar-refractivity contribution is 5.19. The molecule has 2 saturated carbocycles. The summed E-state index contributed by atoms with van der Waals surface area (Å²) in [5.41, 5.74) is 0.577. The van der Waals surface area contributed by atoms with E-state index in [2.05, 4.69) is 19.1 Å². The molecule has 0 spiro atoms. The fourth-order valence-electron chi connectivity index (χ4n) is 5.30. The van der Waals surface area contributed by atoms with E-state index in [0.717, 1.165) is 36.3 Å². The molecule has 0 nitrogen and oxygen atoms in total. The van der Waals surface area contributed by atoms with Crippen LogP contribution in [0.5, 0.6) is 0 Å². The Bertz CT molecular complexity index is 598. The van der Waals surface area contributed by atoms with Gasteiger partial charge in [-0.1, -0.05) is 25.0 Å². The molecule has 2 aliphatic carbocycles. The number of hydrogen-bond acceptors (Lipinski definition) is 0. The maximum absolute atomic E-state index is 13.3. The third kappa shape index (κ3) is 5.62. The lowest BCUT2D eigenvalue weighted by Crippen LogP contribution is -2.26. The molecule has 3 heteroatoms. The quantitative estimate of drug-likeness (QED) is 0.353. The Labute approximate surface area is 162 Å². The molecule has 0 bridgehead atoms. The first-order valence-electron chi connectivity index (χ1n) is 10.8. The van der Waals surface area contributed by atoms with Gasteiger partial charge in [-0.05, 0) is 106 Å². The van der Waals surface area contributed by atoms with E-state index < -0.39 is 17.5 Å². The summed E-state index contributed by atoms with van der Waals surface area (Å²) in [4.78, 5) is 0. The maximum Gasteiger partial charge on any atom is 0.194 e. The van der Waals surface area contributed by atoms with Gasteiger partial charge in [0.15, 0.2) is 17.5 Å². The van der Waals surface area contributed by atoms with Crippen LogP contribution in [0.4, 0.5) is 13.2 Å². The molecule has 0 unspecified atom stereocenters. The van der Waals surface area contributed by atoms with E-state index >= 15 is 0 Å². The summed E-state index contributed by atoms with van der Waals surface area (Å²) in [6, 6.07) is 2.30. The van der Waals surface area contributed by atoms with Crippen molar-refractivity contribution in [2.24, 2.45) is 23.7 Å². The number of allylic oxidation sites excluding steroid dienone is 2. The van der Waals surface area contributed by atoms with Crippen molar-refractivity contribution >= 4 is 0 Å². The molecule has 0 saturated heterocycles. The van der Waals surface area contributed by atoms with Crippen LogP contribution in [0.3, 0.4) is 0 Å². The lowest BCUT2D eigenvalue weighted by atomic mass is 9.68. The Morgan fingerprint density at radius 2 is 1.33 bits per heavy atom. The first-order chi connectivity index (χ1) is 13.1. The zero-order chi connectivity index (χ0) is 19.2. The minimum atomic E-state index is -1.36. The van der Waals surface area contributed by atoms with Crippen LogP contribution in [0.1, 0.15) is 76.7 Å². The summed E-state index contributed by atoms with van der Waals surface area (Å²) >= 11 is 0. The third-order valence-corrected chi connectivity index (χ3v) is 7.04. The van der Waals surface area contributed by atoms with E-state index in [4.69, 9.17) is 0 Å². The largest absolute Gasteiger partial charge is 0.204 e. The highest BCUT2D eigenvalue weighted by Crippen LogP contribution is 2.42. The van der Waals surface area contributed by atoms with Gasteiger partial charge in [-0.2, -0.15) is 0 Å². The summed E-state index contributed by atoms with van der Waals surface area (Å²) in [7, 11) is 0. The van der Waals surface area contributed by atoms with Crippen LogP contribution in [0.15, 0.2) is 24.3 Å². The molecule has 2 aliphatic rings. The van der Waals surface area contributed by atoms with E-state index in [1.807, 2.05) is 0 Å². The van der Waals surface area contributed by atoms with Crippen LogP contribution in [0.25, 0.3) is 0 Å². The molecule has 0 radical (unpaired) electrons. The van der Waals surface area contributed by atoms with Gasteiger partial charge in [-0.15, -0.1) is 0 Å². The van der Waals surface area contributed by atoms with Crippen molar-refractivity contribution in [2.75, 3.05) is 0 Å². The molecule has 1 aromatic carbocycles. The molecule has 27 heavy (non-hydrogen) atoms. The molecular weight excluding hydrogens is 345 g/mol. The smallest absolute Gasteiger partial charge is 0.194 e. The fraction of sp³-hybridized carbons (Fsp3) is 0.667. The zero-order valence-corrected chi connectivity index (χ0v) is 16.5. The van der Waals surface area contributed by atoms with Crippen LogP contribution in [-0.4, -0.2) is 0 Å². The Balaban J connectivity index is 1.39. The molecule has 0 aliphatic heterocycles. The molecule has 0 aromatic heterocycles. The molecule has 1 aromatic rings. The number of benzene rings is 1. The molecule has 150 valence electrons. The van der Waals surface area contributed by atoms with Gasteiger partial charge in [0.1, 0.15) is 0 Å². The van der Waals surface area contributed by atoms with E-state index in [1.165, 1.54) is 57.8 Å². The van der Waals surface area contributed by atoms with E-state index in [-0.39, 0.29) is 0 Å². The summed E-state index contributed by atoms with van der Waals surface area (Å²) in [5.74, 6) is -0.177. The van der Waals surface area contributed by atoms with Crippen LogP contribution in [-0.2, 0) is 6.42 Å². The van der Waals surface area contributed by atoms with Gasteiger partial charge >= 0.3 is 0 Å². The predicted molar refractivity (Wildman–Crippen MR) is 105 cm³/mol. The van der Waals surface area contributed by atoms with Crippen molar-refractivity contribution in [3.63, 3.8) is 0 Å². The van der Waals surface area contributed by atoms with Gasteiger partial charge in [-0.25, -0.2) is 13.2 Å². The van der Waals surface area contributed by atoms with Crippen molar-refractivity contribution < 1.29 is 13.2 Å². The van der Waals surface area contributed by atoms with Crippen molar-refractivity contribution in [1.82, 2.24) is 0 Å². The highest BCUT2D eigenvalue weighted by Gasteiger charge is 2.30. The first-order valence-corrected chi connectivity index (χ1v) is 10.8. The summed E-state index contributed by atoms with van der Waals surface area (Å²) in [5, 5.41) is 0. The average molecular weight is 379 g/mol. The lowest BCUT2D eigenvalue weighted by molar-refractivity contribution is 0.144. The van der Waals surface area contributed by atoms with Gasteiger partial charge in [0.05, 0.1) is 0 Å². The maximum atomic E-state index is 13.3. The van der Waals surface area contributed by atoms with Gasteiger partial charge in [0.2, 0.25) is 0 Å². The molecule has 0 heterocycles. The van der Waals surface area contributed by atoms with E-state index in [0.29, 0.717) is 17.9 Å². The third-order valence-electron chi connectivity index (χ3n) is 7.04. The van der Waals surface area contributed by atoms with E-state index in [1.54, 1.807) is 0 Å². The topological polar surface area (TPSA) is 0 Å². The molecule has 0 amide bonds. The molecule has 3 rings (SSSR count). The second-order valence-corrected chi connectivity index (χ2v) is 8.78. The molecular formula is C24H33F3. The number of rotatable bonds is 6. The Morgan fingerprint density at radius 3 is 1.85 bits per heavy atom. The molecule has 2 fully saturated rings. The van der Waals surface area contributed by atoms with Crippen LogP contribution < -0.4 is 0 Å². The Hall–Kier alpha value is -1.25. The van der Waals surface area contributed by atoms with E-state index in [9.17, 15) is 13.2 Å². The molecule has 0 N–H and O–H groups in total. The monoisotopic (exact) mass is 378 g/mol. The Morgan fingerprint density at radius 1 is 0.815 bits per heavy atom. The summed E-state index contributed by atoms with van der Waals surface area (Å²) < 4.78 is 39.7. The minimum absolute atomic E-state index is 0.577. The fourth-order valence-corrected chi connectivity index (χ4v) is 5.30. The van der Waals surface area contributed by atoms with Gasteiger partial charge in [-0.3, -0.25) is 0 Å². The Kier molecular flexibility index (Phi) is 7.43. The summed E-state index contributed by atoms with van der Waals surface area (Å²) in [6.45, 7) is 2.10. The summed E-state index contributed by atoms with van der Waals surface area (Å²) in [6.07, 6.45) is 18.0. The second-order valence-electron chi connectivity index (χ2n) is 8.78. The molecule has 0 atom stereocenters. The van der Waals surface area contributed by atoms with Gasteiger partial charge in [0, 0.05) is 0 Å². The number of halogens is 3. The van der Waals surface area contributed by atoms with Crippen molar-refractivity contribution in [2.45, 2.75) is 77.6 Å². The SMILES string of the molecule is CC=CCC1CCC(C2CCC(CCc3cc(F)c(F)c(F)c3)CC2)CC1. The van der Waals surface area contributed by atoms with Crippen LogP contribution in [0.2, 0.25) is 0 Å². The lowest BCUT2D eigenvalue weighted by Gasteiger charge is -2.37. The standard InChI is InChI=1S/C24H33F3/c1-2-3-4-17-7-11-20(12-8-17)21-13-9-18(10-14-21)5-6-19-15-22(25)24(27)23(26)16-19/h2-3,15-18,20-21H,4-14H2,1H3. The number of aryl methyl sites for hydroxylation is 1. The van der Waals surface area contributed by atoms with Crippen LogP contribution >= 0.6 is 0 Å². The van der Waals surface area contributed by atoms with Gasteiger partial charge < -0.3 is 0 Å². The normalized spacial score (nSPS) is 29.3. The zero-order valence-electron chi connectivity index (χ0n) is 16.5. The van der Waals surface area contributed by atoms with Crippen molar-refractivity contribution in [3.05, 3.63) is 47.3 Å². The number of hydrogen-bond donors (Lipinski definition) is 0. The van der Waals surface area contributed by atoms with Crippen molar-refractivity contribution in [3.8, 4) is 0 Å². The first kappa shape index (κ1) is 20.5. The van der Waals surface area contributed by atoms with Crippen LogP contribution in [0, 0.1) is 41.1 Å². The minimum Gasteiger partial charge on any atom is -0.204 e. The van der Waals surface area contributed by atoms with Crippen molar-refractivity contribution in [1.29, 1.82) is 0 Å². The highest BCUT2D eigenvalue weighted by atomic mass is 19.2. The second kappa shape index (κ2) is 9.80. The average Bonchev–Trinajstić information content (AvgIpc) is 2.69.